The van der Waals surface area contributed by atoms with Crippen molar-refractivity contribution in [2.75, 3.05) is 0 Å². The predicted molar refractivity (Wildman–Crippen MR) is 89.0 cm³/mol. The van der Waals surface area contributed by atoms with E-state index in [-0.39, 0.29) is 11.4 Å². The fraction of sp³-hybridized carbons (Fsp3) is 0.111. The van der Waals surface area contributed by atoms with Gasteiger partial charge in [0.2, 0.25) is 0 Å². The van der Waals surface area contributed by atoms with Gasteiger partial charge in [0, 0.05) is 5.56 Å². The zero-order valence-corrected chi connectivity index (χ0v) is 13.1. The molecule has 0 aliphatic rings. The molecule has 7 heteroatoms. The first-order valence-corrected chi connectivity index (χ1v) is 7.33. The second-order valence-corrected chi connectivity index (χ2v) is 5.53. The van der Waals surface area contributed by atoms with Crippen LogP contribution in [0.25, 0.3) is 22.4 Å². The highest BCUT2D eigenvalue weighted by Crippen LogP contribution is 2.32. The topological polar surface area (TPSA) is 66.0 Å². The highest BCUT2D eigenvalue weighted by Gasteiger charge is 2.32. The molecule has 0 spiro atoms. The van der Waals surface area contributed by atoms with Gasteiger partial charge in [-0.25, -0.2) is 4.79 Å². The van der Waals surface area contributed by atoms with Crippen molar-refractivity contribution in [1.82, 2.24) is 9.97 Å². The van der Waals surface area contributed by atoms with Crippen LogP contribution in [0.2, 0.25) is 0 Å². The molecule has 1 heterocycles. The summed E-state index contributed by atoms with van der Waals surface area (Å²) in [4.78, 5) is 16.7. The molecule has 0 radical (unpaired) electrons. The zero-order valence-electron chi connectivity index (χ0n) is 13.1. The van der Waals surface area contributed by atoms with Crippen molar-refractivity contribution in [3.05, 3.63) is 69.9 Å². The number of hydrogen-bond donors (Lipinski definition) is 2. The number of alkyl halides is 3. The average molecular weight is 346 g/mol. The number of nitrogens with one attached hydrogen (secondary N) is 1. The van der Waals surface area contributed by atoms with Gasteiger partial charge in [0.05, 0.1) is 5.69 Å². The number of phenolic OH excluding ortho intramolecular Hbond substituents is 1. The molecular formula is C18H13F3N2O2. The Morgan fingerprint density at radius 3 is 2.64 bits per heavy atom. The number of rotatable bonds is 2. The van der Waals surface area contributed by atoms with E-state index in [4.69, 9.17) is 0 Å². The van der Waals surface area contributed by atoms with Crippen molar-refractivity contribution in [2.45, 2.75) is 13.1 Å². The van der Waals surface area contributed by atoms with Crippen LogP contribution in [-0.4, -0.2) is 15.1 Å². The molecule has 0 unspecified atom stereocenters. The van der Waals surface area contributed by atoms with E-state index < -0.39 is 17.6 Å². The van der Waals surface area contributed by atoms with Gasteiger partial charge in [0.25, 0.3) is 0 Å². The van der Waals surface area contributed by atoms with Crippen LogP contribution in [0.1, 0.15) is 23.9 Å². The molecule has 2 N–H and O–H groups in total. The summed E-state index contributed by atoms with van der Waals surface area (Å²) >= 11 is 0. The minimum Gasteiger partial charge on any atom is -0.507 e. The lowest BCUT2D eigenvalue weighted by Gasteiger charge is -2.09. The van der Waals surface area contributed by atoms with Crippen molar-refractivity contribution in [2.24, 2.45) is 0 Å². The smallest absolute Gasteiger partial charge is 0.431 e. The summed E-state index contributed by atoms with van der Waals surface area (Å²) in [6.45, 7) is 1.53. The lowest BCUT2D eigenvalue weighted by Crippen LogP contribution is -2.20. The van der Waals surface area contributed by atoms with Gasteiger partial charge in [-0.1, -0.05) is 30.3 Å². The van der Waals surface area contributed by atoms with Gasteiger partial charge >= 0.3 is 11.9 Å². The number of nitrogens with zero attached hydrogens (tertiary/aromatic N) is 1. The zero-order chi connectivity index (χ0) is 18.2. The van der Waals surface area contributed by atoms with E-state index in [1.54, 1.807) is 23.2 Å². The number of allylic oxidation sites excluding steroid dienone is 1. The first-order valence-electron chi connectivity index (χ1n) is 7.33. The Morgan fingerprint density at radius 1 is 1.20 bits per heavy atom. The van der Waals surface area contributed by atoms with Crippen molar-refractivity contribution in [1.29, 1.82) is 0 Å². The van der Waals surface area contributed by atoms with Crippen molar-refractivity contribution in [3.8, 4) is 5.75 Å². The SMILES string of the molecule is CC(=Cc1c(O)ccc2ccccc12)c1cc(C(F)(F)F)[nH]c(=O)n1. The van der Waals surface area contributed by atoms with E-state index in [0.29, 0.717) is 11.1 Å². The normalized spacial score (nSPS) is 12.6. The number of H-pyrrole nitrogens is 1. The van der Waals surface area contributed by atoms with Crippen LogP contribution < -0.4 is 5.69 Å². The predicted octanol–water partition coefficient (Wildman–Crippen LogP) is 4.21. The Balaban J connectivity index is 2.17. The van der Waals surface area contributed by atoms with Gasteiger partial charge in [0.15, 0.2) is 0 Å². The number of halogens is 3. The maximum absolute atomic E-state index is 12.9. The first-order chi connectivity index (χ1) is 11.8. The molecule has 3 aromatic rings. The Kier molecular flexibility index (Phi) is 4.08. The van der Waals surface area contributed by atoms with Gasteiger partial charge in [-0.15, -0.1) is 0 Å². The Bertz CT molecular complexity index is 1040. The lowest BCUT2D eigenvalue weighted by molar-refractivity contribution is -0.141. The second-order valence-electron chi connectivity index (χ2n) is 5.53. The number of hydrogen-bond acceptors (Lipinski definition) is 3. The summed E-state index contributed by atoms with van der Waals surface area (Å²) in [5, 5.41) is 11.7. The molecule has 128 valence electrons. The summed E-state index contributed by atoms with van der Waals surface area (Å²) in [7, 11) is 0. The molecule has 2 aromatic carbocycles. The number of benzene rings is 2. The average Bonchev–Trinajstić information content (AvgIpc) is 2.56. The Morgan fingerprint density at radius 2 is 1.92 bits per heavy atom. The van der Waals surface area contributed by atoms with Crippen LogP contribution in [0.5, 0.6) is 5.75 Å². The Labute approximate surface area is 140 Å². The Hall–Kier alpha value is -3.09. The van der Waals surface area contributed by atoms with Crippen LogP contribution >= 0.6 is 0 Å². The van der Waals surface area contributed by atoms with Crippen LogP contribution in [-0.2, 0) is 6.18 Å². The minimum atomic E-state index is -4.68. The van der Waals surface area contributed by atoms with Gasteiger partial charge in [-0.3, -0.25) is 0 Å². The second kappa shape index (κ2) is 6.08. The van der Waals surface area contributed by atoms with Crippen molar-refractivity contribution in [3.63, 3.8) is 0 Å². The minimum absolute atomic E-state index is 0.0149. The number of aromatic nitrogens is 2. The van der Waals surface area contributed by atoms with E-state index in [0.717, 1.165) is 16.8 Å². The summed E-state index contributed by atoms with van der Waals surface area (Å²) in [5.41, 5.74) is -1.59. The van der Waals surface area contributed by atoms with Crippen LogP contribution in [0, 0.1) is 0 Å². The molecule has 0 atom stereocenters. The lowest BCUT2D eigenvalue weighted by atomic mass is 10.0. The third-order valence-corrected chi connectivity index (χ3v) is 3.76. The molecule has 0 aliphatic heterocycles. The highest BCUT2D eigenvalue weighted by atomic mass is 19.4. The van der Waals surface area contributed by atoms with Gasteiger partial charge in [-0.2, -0.15) is 18.2 Å². The van der Waals surface area contributed by atoms with E-state index in [2.05, 4.69) is 4.98 Å². The number of phenols is 1. The van der Waals surface area contributed by atoms with E-state index >= 15 is 0 Å². The van der Waals surface area contributed by atoms with E-state index in [1.165, 1.54) is 19.1 Å². The summed E-state index contributed by atoms with van der Waals surface area (Å²) in [5.74, 6) is -0.0149. The van der Waals surface area contributed by atoms with Crippen molar-refractivity contribution < 1.29 is 18.3 Å². The summed E-state index contributed by atoms with van der Waals surface area (Å²) in [6, 6.07) is 11.3. The molecule has 4 nitrogen and oxygen atoms in total. The van der Waals surface area contributed by atoms with Crippen LogP contribution in [0.4, 0.5) is 13.2 Å². The largest absolute Gasteiger partial charge is 0.507 e. The quantitative estimate of drug-likeness (QED) is 0.731. The highest BCUT2D eigenvalue weighted by molar-refractivity contribution is 5.97. The van der Waals surface area contributed by atoms with Gasteiger partial charge < -0.3 is 10.1 Å². The molecule has 1 aromatic heterocycles. The van der Waals surface area contributed by atoms with Crippen LogP contribution in [0.15, 0.2) is 47.3 Å². The molecule has 0 saturated carbocycles. The summed E-state index contributed by atoms with van der Waals surface area (Å²) < 4.78 is 38.6. The molecule has 0 saturated heterocycles. The molecule has 0 aliphatic carbocycles. The van der Waals surface area contributed by atoms with Crippen molar-refractivity contribution >= 4 is 22.4 Å². The molecule has 0 bridgehead atoms. The number of fused-ring (bicyclic) bond motifs is 1. The maximum atomic E-state index is 12.9. The maximum Gasteiger partial charge on any atom is 0.431 e. The van der Waals surface area contributed by atoms with E-state index in [9.17, 15) is 23.1 Å². The number of aromatic amines is 1. The fourth-order valence-corrected chi connectivity index (χ4v) is 2.54. The molecular weight excluding hydrogens is 333 g/mol. The molecule has 25 heavy (non-hydrogen) atoms. The third kappa shape index (κ3) is 3.40. The van der Waals surface area contributed by atoms with E-state index in [1.807, 2.05) is 12.1 Å². The van der Waals surface area contributed by atoms with Crippen LogP contribution in [0.3, 0.4) is 0 Å². The molecule has 0 amide bonds. The number of aromatic hydroxyl groups is 1. The fourth-order valence-electron chi connectivity index (χ4n) is 2.54. The first kappa shape index (κ1) is 16.8. The third-order valence-electron chi connectivity index (χ3n) is 3.76. The molecule has 3 rings (SSSR count). The van der Waals surface area contributed by atoms with Gasteiger partial charge in [0.1, 0.15) is 11.4 Å². The summed E-state index contributed by atoms with van der Waals surface area (Å²) in [6.07, 6.45) is -3.17. The molecule has 0 fully saturated rings. The van der Waals surface area contributed by atoms with Gasteiger partial charge in [-0.05, 0) is 41.5 Å². The standard InChI is InChI=1S/C18H13F3N2O2/c1-10(14-9-16(18(19,20)21)23-17(25)22-14)8-13-12-5-3-2-4-11(12)6-7-15(13)24/h2-9,24H,1H3,(H,22,23,25). The monoisotopic (exact) mass is 346 g/mol.